The summed E-state index contributed by atoms with van der Waals surface area (Å²) < 4.78 is 0. The van der Waals surface area contributed by atoms with Crippen LogP contribution in [-0.2, 0) is 6.42 Å². The van der Waals surface area contributed by atoms with Crippen LogP contribution in [0, 0.1) is 32.1 Å². The molecule has 1 saturated carbocycles. The number of nitrogens with zero attached hydrogens (tertiary/aromatic N) is 1. The summed E-state index contributed by atoms with van der Waals surface area (Å²) in [5, 5.41) is 3.99. The van der Waals surface area contributed by atoms with Crippen molar-refractivity contribution in [3.8, 4) is 0 Å². The lowest BCUT2D eigenvalue weighted by Crippen LogP contribution is -2.37. The quantitative estimate of drug-likeness (QED) is 0.108. The first kappa shape index (κ1) is 32.1. The van der Waals surface area contributed by atoms with Crippen LogP contribution in [0.3, 0.4) is 0 Å². The van der Waals surface area contributed by atoms with E-state index in [4.69, 9.17) is 12.4 Å². The molecule has 41 heavy (non-hydrogen) atoms. The lowest BCUT2D eigenvalue weighted by molar-refractivity contribution is 0.0413. The Bertz CT molecular complexity index is 1370. The Labute approximate surface area is 250 Å². The first-order valence-corrected chi connectivity index (χ1v) is 15.3. The van der Waals surface area contributed by atoms with Crippen LogP contribution in [0.1, 0.15) is 110 Å². The summed E-state index contributed by atoms with van der Waals surface area (Å²) in [5.74, 6) is 6.43. The average molecular weight is 549 g/mol. The Morgan fingerprint density at radius 3 is 2.37 bits per heavy atom. The van der Waals surface area contributed by atoms with Crippen LogP contribution in [0.25, 0.3) is 17.2 Å². The zero-order valence-electron chi connectivity index (χ0n) is 26.6. The molecule has 218 valence electrons. The Morgan fingerprint density at radius 1 is 1.07 bits per heavy atom. The van der Waals surface area contributed by atoms with Gasteiger partial charge in [0.05, 0.1) is 6.21 Å². The van der Waals surface area contributed by atoms with Crippen molar-refractivity contribution in [2.24, 2.45) is 22.3 Å². The minimum Gasteiger partial charge on any atom is -0.323 e. The molecular weight excluding hydrogens is 496 g/mol. The van der Waals surface area contributed by atoms with Crippen LogP contribution in [0.4, 0.5) is 0 Å². The van der Waals surface area contributed by atoms with E-state index in [1.807, 2.05) is 18.4 Å². The van der Waals surface area contributed by atoms with Crippen molar-refractivity contribution in [1.82, 2.24) is 0 Å². The molecule has 1 aliphatic carbocycles. The Morgan fingerprint density at radius 2 is 1.78 bits per heavy atom. The van der Waals surface area contributed by atoms with Crippen LogP contribution in [-0.4, -0.2) is 6.21 Å². The Balaban J connectivity index is 2.11. The molecule has 0 spiro atoms. The molecule has 0 atom stereocenters. The maximum atomic E-state index is 5.76. The van der Waals surface area contributed by atoms with Crippen LogP contribution in [0.15, 0.2) is 72.9 Å². The average Bonchev–Trinajstić information content (AvgIpc) is 2.94. The zero-order chi connectivity index (χ0) is 30.3. The molecule has 3 rings (SSSR count). The number of rotatable bonds is 14. The van der Waals surface area contributed by atoms with Gasteiger partial charge in [-0.05, 0) is 134 Å². The maximum absolute atomic E-state index is 5.76. The van der Waals surface area contributed by atoms with Gasteiger partial charge in [-0.25, -0.2) is 0 Å². The van der Waals surface area contributed by atoms with Gasteiger partial charge >= 0.3 is 0 Å². The summed E-state index contributed by atoms with van der Waals surface area (Å²) in [6.45, 7) is 30.4. The zero-order valence-corrected chi connectivity index (χ0v) is 26.6. The molecule has 0 radical (unpaired) electrons. The summed E-state index contributed by atoms with van der Waals surface area (Å²) in [5.41, 5.74) is 14.9. The number of aryl methyl sites for hydroxylation is 3. The van der Waals surface area contributed by atoms with Crippen LogP contribution < -0.4 is 5.84 Å². The predicted octanol–water partition coefficient (Wildman–Crippen LogP) is 10.7. The van der Waals surface area contributed by atoms with Gasteiger partial charge in [0.15, 0.2) is 0 Å². The third-order valence-corrected chi connectivity index (χ3v) is 9.56. The second-order valence-corrected chi connectivity index (χ2v) is 12.4. The predicted molar refractivity (Wildman–Crippen MR) is 183 cm³/mol. The first-order valence-electron chi connectivity index (χ1n) is 15.3. The van der Waals surface area contributed by atoms with E-state index in [-0.39, 0.29) is 0 Å². The molecule has 2 N–H and O–H groups in total. The fourth-order valence-corrected chi connectivity index (χ4v) is 6.95. The molecule has 1 fully saturated rings. The number of benzene rings is 2. The standard InChI is InChI=1S/C39H52N2/c1-11-15-34-16-17-35(22-33(34)13-3)31(10)37(38-30(9)27(6)20-28(7)36(38)25-41-40)29(8)21-32-23-39(14-4,24-32)19-18-26(5)12-2/h12-13,16-17,20,22,25,32H,2-3,5,10-11,14-15,18-19,21,23-24,40H2,1,4,6-9H3/b37-29+,41-25-. The summed E-state index contributed by atoms with van der Waals surface area (Å²) in [4.78, 5) is 0. The number of allylic oxidation sites excluding steroid dienone is 5. The van der Waals surface area contributed by atoms with Crippen molar-refractivity contribution in [3.05, 3.63) is 112 Å². The highest BCUT2D eigenvalue weighted by molar-refractivity contribution is 6.09. The van der Waals surface area contributed by atoms with Gasteiger partial charge < -0.3 is 5.84 Å². The molecule has 0 heterocycles. The highest BCUT2D eigenvalue weighted by Gasteiger charge is 2.42. The van der Waals surface area contributed by atoms with Crippen molar-refractivity contribution in [3.63, 3.8) is 0 Å². The minimum atomic E-state index is 0.426. The lowest BCUT2D eigenvalue weighted by Gasteiger charge is -2.48. The van der Waals surface area contributed by atoms with Crippen molar-refractivity contribution >= 4 is 23.4 Å². The largest absolute Gasteiger partial charge is 0.323 e. The van der Waals surface area contributed by atoms with Gasteiger partial charge in [0.25, 0.3) is 0 Å². The van der Waals surface area contributed by atoms with Gasteiger partial charge in [-0.3, -0.25) is 0 Å². The van der Waals surface area contributed by atoms with Crippen LogP contribution in [0.5, 0.6) is 0 Å². The third-order valence-electron chi connectivity index (χ3n) is 9.56. The summed E-state index contributed by atoms with van der Waals surface area (Å²) in [6, 6.07) is 8.99. The molecule has 0 amide bonds. The van der Waals surface area contributed by atoms with Crippen molar-refractivity contribution in [2.75, 3.05) is 0 Å². The first-order chi connectivity index (χ1) is 19.5. The summed E-state index contributed by atoms with van der Waals surface area (Å²) >= 11 is 0. The molecule has 0 saturated heterocycles. The van der Waals surface area contributed by atoms with Gasteiger partial charge in [-0.2, -0.15) is 5.10 Å². The van der Waals surface area contributed by atoms with E-state index in [9.17, 15) is 0 Å². The second-order valence-electron chi connectivity index (χ2n) is 12.4. The van der Waals surface area contributed by atoms with Gasteiger partial charge in [-0.15, -0.1) is 0 Å². The Kier molecular flexibility index (Phi) is 11.0. The normalized spacial score (nSPS) is 19.0. The molecule has 2 heteroatoms. The van der Waals surface area contributed by atoms with E-state index in [1.54, 1.807) is 0 Å². The van der Waals surface area contributed by atoms with E-state index in [0.29, 0.717) is 11.3 Å². The maximum Gasteiger partial charge on any atom is 0.0547 e. The third kappa shape index (κ3) is 7.10. The highest BCUT2D eigenvalue weighted by atomic mass is 15.1. The van der Waals surface area contributed by atoms with Gasteiger partial charge in [0.1, 0.15) is 0 Å². The topological polar surface area (TPSA) is 38.4 Å². The molecule has 0 bridgehead atoms. The number of hydrazone groups is 1. The monoisotopic (exact) mass is 548 g/mol. The van der Waals surface area contributed by atoms with E-state index in [2.05, 4.69) is 90.6 Å². The lowest BCUT2D eigenvalue weighted by atomic mass is 9.57. The van der Waals surface area contributed by atoms with Gasteiger partial charge in [-0.1, -0.05) is 94.5 Å². The van der Waals surface area contributed by atoms with Crippen molar-refractivity contribution < 1.29 is 0 Å². The molecular formula is C39H52N2. The smallest absolute Gasteiger partial charge is 0.0547 e. The molecule has 0 unspecified atom stereocenters. The van der Waals surface area contributed by atoms with E-state index >= 15 is 0 Å². The molecule has 2 nitrogen and oxygen atoms in total. The number of hydrogen-bond donors (Lipinski definition) is 1. The van der Waals surface area contributed by atoms with E-state index in [0.717, 1.165) is 48.0 Å². The van der Waals surface area contributed by atoms with Crippen LogP contribution >= 0.6 is 0 Å². The summed E-state index contributed by atoms with van der Waals surface area (Å²) in [6.07, 6.45) is 14.9. The van der Waals surface area contributed by atoms with Crippen molar-refractivity contribution in [1.29, 1.82) is 0 Å². The van der Waals surface area contributed by atoms with E-state index in [1.165, 1.54) is 70.2 Å². The highest BCUT2D eigenvalue weighted by Crippen LogP contribution is 2.54. The van der Waals surface area contributed by atoms with E-state index < -0.39 is 0 Å². The van der Waals surface area contributed by atoms with Gasteiger partial charge in [0.2, 0.25) is 0 Å². The fraction of sp³-hybridized carbons (Fsp3) is 0.410. The summed E-state index contributed by atoms with van der Waals surface area (Å²) in [7, 11) is 0. The minimum absolute atomic E-state index is 0.426. The Hall–Kier alpha value is -3.39. The number of nitrogens with two attached hydrogens (primary N) is 1. The van der Waals surface area contributed by atoms with Gasteiger partial charge in [0, 0.05) is 5.56 Å². The second kappa shape index (κ2) is 14.0. The van der Waals surface area contributed by atoms with Crippen molar-refractivity contribution in [2.45, 2.75) is 92.9 Å². The molecule has 2 aromatic rings. The molecule has 0 aromatic heterocycles. The number of hydrogen-bond acceptors (Lipinski definition) is 2. The fourth-order valence-electron chi connectivity index (χ4n) is 6.95. The molecule has 2 aromatic carbocycles. The SMILES string of the molecule is C=CC(=C)CCC1(CC)CC(C/C(C)=C(\C(=C)c2ccc(CCC)c(C=C)c2)c2c(C)c(C)cc(C)c2/C=N\N)C1. The molecule has 1 aliphatic rings. The molecule has 0 aliphatic heterocycles. The van der Waals surface area contributed by atoms with Crippen LogP contribution in [0.2, 0.25) is 0 Å².